The molecule has 0 amide bonds. The van der Waals surface area contributed by atoms with Crippen molar-refractivity contribution in [1.29, 1.82) is 0 Å². The lowest BCUT2D eigenvalue weighted by Crippen LogP contribution is -2.16. The van der Waals surface area contributed by atoms with Crippen LogP contribution in [-0.2, 0) is 9.84 Å². The van der Waals surface area contributed by atoms with Crippen molar-refractivity contribution in [3.05, 3.63) is 89.1 Å². The highest BCUT2D eigenvalue weighted by atomic mass is 35.5. The number of hydrogen-bond donors (Lipinski definition) is 0. The normalized spacial score (nSPS) is 13.2. The molecule has 0 bridgehead atoms. The summed E-state index contributed by atoms with van der Waals surface area (Å²) in [6.45, 7) is 0.729. The number of halogens is 1. The maximum atomic E-state index is 13.8. The zero-order chi connectivity index (χ0) is 22.3. The van der Waals surface area contributed by atoms with Crippen molar-refractivity contribution in [1.82, 2.24) is 4.98 Å². The number of rotatable bonds is 4. The third kappa shape index (κ3) is 3.49. The smallest absolute Gasteiger partial charge is 0.208 e. The zero-order valence-electron chi connectivity index (χ0n) is 16.6. The lowest BCUT2D eigenvalue weighted by atomic mass is 10.0. The van der Waals surface area contributed by atoms with Crippen LogP contribution >= 0.6 is 11.6 Å². The molecule has 0 radical (unpaired) electrons. The topological polar surface area (TPSA) is 82.6 Å². The minimum Gasteiger partial charge on any atom is -0.486 e. The first kappa shape index (κ1) is 20.5. The van der Waals surface area contributed by atoms with Crippen LogP contribution in [0.25, 0.3) is 10.9 Å². The molecule has 0 saturated heterocycles. The van der Waals surface area contributed by atoms with Crippen molar-refractivity contribution >= 4 is 38.1 Å². The summed E-state index contributed by atoms with van der Waals surface area (Å²) < 4.78 is 38.8. The van der Waals surface area contributed by atoms with Gasteiger partial charge >= 0.3 is 0 Å². The predicted octanol–water partition coefficient (Wildman–Crippen LogP) is 4.72. The quantitative estimate of drug-likeness (QED) is 0.405. The van der Waals surface area contributed by atoms with Crippen LogP contribution in [0.2, 0.25) is 5.02 Å². The Morgan fingerprint density at radius 3 is 2.25 bits per heavy atom. The lowest BCUT2D eigenvalue weighted by molar-refractivity contribution is 0.103. The number of fused-ring (bicyclic) bond motifs is 2. The summed E-state index contributed by atoms with van der Waals surface area (Å²) in [4.78, 5) is 17.6. The Kier molecular flexibility index (Phi) is 5.07. The fraction of sp³-hybridized carbons (Fsp3) is 0.0833. The van der Waals surface area contributed by atoms with Crippen LogP contribution in [0.1, 0.15) is 15.9 Å². The number of hydrogen-bond acceptors (Lipinski definition) is 6. The van der Waals surface area contributed by atoms with Gasteiger partial charge in [-0.15, -0.1) is 0 Å². The molecule has 1 aliphatic rings. The first-order chi connectivity index (χ1) is 15.4. The molecule has 0 N–H and O–H groups in total. The van der Waals surface area contributed by atoms with Gasteiger partial charge in [0.05, 0.1) is 20.9 Å². The summed E-state index contributed by atoms with van der Waals surface area (Å²) in [5.74, 6) is 0.443. The van der Waals surface area contributed by atoms with E-state index in [1.165, 1.54) is 30.5 Å². The molecule has 1 aromatic heterocycles. The van der Waals surface area contributed by atoms with E-state index in [1.807, 2.05) is 0 Å². The van der Waals surface area contributed by atoms with E-state index >= 15 is 0 Å². The van der Waals surface area contributed by atoms with Gasteiger partial charge in [0.25, 0.3) is 0 Å². The first-order valence-electron chi connectivity index (χ1n) is 9.78. The Labute approximate surface area is 189 Å². The van der Waals surface area contributed by atoms with Gasteiger partial charge in [-0.2, -0.15) is 0 Å². The van der Waals surface area contributed by atoms with E-state index in [9.17, 15) is 13.2 Å². The third-order valence-corrected chi connectivity index (χ3v) is 7.28. The number of sulfone groups is 1. The van der Waals surface area contributed by atoms with Crippen LogP contribution in [0.15, 0.2) is 82.7 Å². The average Bonchev–Trinajstić information content (AvgIpc) is 2.82. The molecule has 0 saturated carbocycles. The van der Waals surface area contributed by atoms with Crippen molar-refractivity contribution < 1.29 is 22.7 Å². The van der Waals surface area contributed by atoms with Gasteiger partial charge < -0.3 is 9.47 Å². The highest BCUT2D eigenvalue weighted by Crippen LogP contribution is 2.39. The van der Waals surface area contributed by atoms with Crippen molar-refractivity contribution in [2.24, 2.45) is 0 Å². The molecule has 2 heterocycles. The fourth-order valence-electron chi connectivity index (χ4n) is 3.63. The largest absolute Gasteiger partial charge is 0.486 e. The van der Waals surface area contributed by atoms with Crippen LogP contribution < -0.4 is 9.47 Å². The third-order valence-electron chi connectivity index (χ3n) is 5.16. The van der Waals surface area contributed by atoms with E-state index in [2.05, 4.69) is 4.98 Å². The highest BCUT2D eigenvalue weighted by molar-refractivity contribution is 7.91. The molecule has 8 heteroatoms. The standard InChI is InChI=1S/C24H16ClNO5S/c25-16-6-8-17(9-7-16)32(28,29)24-18-12-21-22(31-11-10-30-21)13-20(18)26-14-19(24)23(27)15-4-2-1-3-5-15/h1-9,12-14H,10-11H2. The summed E-state index contributed by atoms with van der Waals surface area (Å²) in [6.07, 6.45) is 1.30. The Balaban J connectivity index is 1.82. The molecule has 5 rings (SSSR count). The number of benzene rings is 3. The average molecular weight is 466 g/mol. The second kappa shape index (κ2) is 7.93. The number of pyridine rings is 1. The van der Waals surface area contributed by atoms with Crippen molar-refractivity contribution in [2.45, 2.75) is 9.79 Å². The highest BCUT2D eigenvalue weighted by Gasteiger charge is 2.29. The van der Waals surface area contributed by atoms with E-state index in [0.29, 0.717) is 40.8 Å². The maximum absolute atomic E-state index is 13.8. The number of ketones is 1. The van der Waals surface area contributed by atoms with E-state index in [0.717, 1.165) is 0 Å². The van der Waals surface area contributed by atoms with E-state index in [-0.39, 0.29) is 20.7 Å². The Hall–Kier alpha value is -3.42. The number of carbonyl (C=O) groups is 1. The van der Waals surface area contributed by atoms with Gasteiger partial charge in [0, 0.05) is 28.2 Å². The minimum atomic E-state index is -4.11. The molecule has 1 aliphatic heterocycles. The van der Waals surface area contributed by atoms with Crippen LogP contribution in [0.4, 0.5) is 0 Å². The summed E-state index contributed by atoms with van der Waals surface area (Å²) in [6, 6.07) is 17.5. The van der Waals surface area contributed by atoms with Crippen LogP contribution in [0, 0.1) is 0 Å². The number of ether oxygens (including phenoxy) is 2. The summed E-state index contributed by atoms with van der Waals surface area (Å²) in [5, 5.41) is 0.690. The molecule has 3 aromatic carbocycles. The zero-order valence-corrected chi connectivity index (χ0v) is 18.2. The summed E-state index contributed by atoms with van der Waals surface area (Å²) in [7, 11) is -4.11. The molecule has 32 heavy (non-hydrogen) atoms. The Morgan fingerprint density at radius 2 is 1.56 bits per heavy atom. The SMILES string of the molecule is O=C(c1ccccc1)c1cnc2cc3c(cc2c1S(=O)(=O)c1ccc(Cl)cc1)OCCO3. The molecular formula is C24H16ClNO5S. The number of aromatic nitrogens is 1. The summed E-state index contributed by atoms with van der Waals surface area (Å²) in [5.41, 5.74) is 0.723. The number of carbonyl (C=O) groups excluding carboxylic acids is 1. The van der Waals surface area contributed by atoms with E-state index in [1.54, 1.807) is 42.5 Å². The van der Waals surface area contributed by atoms with Gasteiger partial charge in [0.2, 0.25) is 9.84 Å². The van der Waals surface area contributed by atoms with Crippen LogP contribution in [-0.4, -0.2) is 32.4 Å². The Bertz CT molecular complexity index is 1450. The van der Waals surface area contributed by atoms with Gasteiger partial charge in [0.15, 0.2) is 17.3 Å². The Morgan fingerprint density at radius 1 is 0.906 bits per heavy atom. The number of nitrogens with zero attached hydrogens (tertiary/aromatic N) is 1. The van der Waals surface area contributed by atoms with Gasteiger partial charge in [-0.1, -0.05) is 41.9 Å². The molecule has 0 unspecified atom stereocenters. The van der Waals surface area contributed by atoms with Crippen molar-refractivity contribution in [3.8, 4) is 11.5 Å². The molecule has 0 spiro atoms. The van der Waals surface area contributed by atoms with E-state index < -0.39 is 15.6 Å². The summed E-state index contributed by atoms with van der Waals surface area (Å²) >= 11 is 5.95. The van der Waals surface area contributed by atoms with Gasteiger partial charge in [0.1, 0.15) is 13.2 Å². The van der Waals surface area contributed by atoms with E-state index in [4.69, 9.17) is 21.1 Å². The van der Waals surface area contributed by atoms with Crippen LogP contribution in [0.3, 0.4) is 0 Å². The first-order valence-corrected chi connectivity index (χ1v) is 11.6. The fourth-order valence-corrected chi connectivity index (χ4v) is 5.38. The molecule has 4 aromatic rings. The second-order valence-electron chi connectivity index (χ2n) is 7.17. The van der Waals surface area contributed by atoms with Gasteiger partial charge in [-0.25, -0.2) is 8.42 Å². The van der Waals surface area contributed by atoms with Crippen molar-refractivity contribution in [3.63, 3.8) is 0 Å². The monoisotopic (exact) mass is 465 g/mol. The lowest BCUT2D eigenvalue weighted by Gasteiger charge is -2.20. The molecule has 0 fully saturated rings. The van der Waals surface area contributed by atoms with Gasteiger partial charge in [-0.3, -0.25) is 9.78 Å². The molecule has 6 nitrogen and oxygen atoms in total. The van der Waals surface area contributed by atoms with Gasteiger partial charge in [-0.05, 0) is 30.3 Å². The van der Waals surface area contributed by atoms with Crippen molar-refractivity contribution in [2.75, 3.05) is 13.2 Å². The maximum Gasteiger partial charge on any atom is 0.208 e. The molecule has 0 aliphatic carbocycles. The second-order valence-corrected chi connectivity index (χ2v) is 9.49. The molecular weight excluding hydrogens is 450 g/mol. The minimum absolute atomic E-state index is 0.0182. The van der Waals surface area contributed by atoms with Crippen LogP contribution in [0.5, 0.6) is 11.5 Å². The molecule has 0 atom stereocenters. The molecule has 160 valence electrons. The predicted molar refractivity (Wildman–Crippen MR) is 120 cm³/mol.